The third-order valence-corrected chi connectivity index (χ3v) is 2.16. The minimum absolute atomic E-state index is 0.170. The van der Waals surface area contributed by atoms with Crippen molar-refractivity contribution in [2.24, 2.45) is 10.4 Å². The van der Waals surface area contributed by atoms with Crippen LogP contribution in [0.3, 0.4) is 0 Å². The van der Waals surface area contributed by atoms with Crippen molar-refractivity contribution in [1.82, 2.24) is 0 Å². The minimum Gasteiger partial charge on any atom is -0.268 e. The molecule has 0 spiro atoms. The van der Waals surface area contributed by atoms with Gasteiger partial charge in [-0.15, -0.1) is 0 Å². The maximum Gasteiger partial charge on any atom is 0.0293 e. The summed E-state index contributed by atoms with van der Waals surface area (Å²) in [5.41, 5.74) is 1.40. The van der Waals surface area contributed by atoms with Crippen molar-refractivity contribution >= 4 is 6.21 Å². The van der Waals surface area contributed by atoms with Crippen LogP contribution in [0.4, 0.5) is 0 Å². The highest BCUT2D eigenvalue weighted by atomic mass is 14.7. The van der Waals surface area contributed by atoms with Gasteiger partial charge in [0, 0.05) is 17.8 Å². The first-order valence-electron chi connectivity index (χ1n) is 4.57. The highest BCUT2D eigenvalue weighted by Crippen LogP contribution is 2.24. The second-order valence-electron chi connectivity index (χ2n) is 3.74. The number of allylic oxidation sites excluding steroid dienone is 3. The molecule has 0 saturated heterocycles. The third kappa shape index (κ3) is 2.33. The molecule has 1 rings (SSSR count). The lowest BCUT2D eigenvalue weighted by Gasteiger charge is -2.18. The molecule has 12 heavy (non-hydrogen) atoms. The van der Waals surface area contributed by atoms with Gasteiger partial charge in [0.1, 0.15) is 0 Å². The highest BCUT2D eigenvalue weighted by Gasteiger charge is 2.17. The summed E-state index contributed by atoms with van der Waals surface area (Å²) in [7, 11) is 0. The first-order chi connectivity index (χ1) is 5.66. The van der Waals surface area contributed by atoms with Crippen LogP contribution in [0.15, 0.2) is 28.9 Å². The van der Waals surface area contributed by atoms with Gasteiger partial charge in [-0.3, -0.25) is 4.99 Å². The smallest absolute Gasteiger partial charge is 0.0293 e. The van der Waals surface area contributed by atoms with Crippen LogP contribution in [0.1, 0.15) is 33.6 Å². The van der Waals surface area contributed by atoms with Gasteiger partial charge in [-0.25, -0.2) is 0 Å². The molecule has 0 aromatic rings. The molecule has 0 radical (unpaired) electrons. The monoisotopic (exact) mass is 163 g/mol. The molecule has 1 atom stereocenters. The van der Waals surface area contributed by atoms with E-state index in [-0.39, 0.29) is 5.41 Å². The molecule has 1 heteroatoms. The Bertz CT molecular complexity index is 235. The summed E-state index contributed by atoms with van der Waals surface area (Å²) in [5.74, 6) is 0. The van der Waals surface area contributed by atoms with E-state index in [1.807, 2.05) is 12.4 Å². The van der Waals surface area contributed by atoms with Crippen molar-refractivity contribution in [1.29, 1.82) is 0 Å². The van der Waals surface area contributed by atoms with Gasteiger partial charge in [-0.1, -0.05) is 32.4 Å². The van der Waals surface area contributed by atoms with E-state index in [1.54, 1.807) is 0 Å². The molecule has 66 valence electrons. The maximum absolute atomic E-state index is 4.27. The Hall–Kier alpha value is -0.850. The van der Waals surface area contributed by atoms with Crippen molar-refractivity contribution in [3.63, 3.8) is 0 Å². The lowest BCUT2D eigenvalue weighted by atomic mass is 9.86. The van der Waals surface area contributed by atoms with E-state index in [4.69, 9.17) is 0 Å². The summed E-state index contributed by atoms with van der Waals surface area (Å²) in [6, 6.07) is 0. The number of hydrogen-bond donors (Lipinski definition) is 0. The van der Waals surface area contributed by atoms with Crippen LogP contribution < -0.4 is 0 Å². The van der Waals surface area contributed by atoms with Crippen LogP contribution >= 0.6 is 0 Å². The Morgan fingerprint density at radius 2 is 2.25 bits per heavy atom. The van der Waals surface area contributed by atoms with Crippen LogP contribution in [-0.4, -0.2) is 6.21 Å². The van der Waals surface area contributed by atoms with Crippen molar-refractivity contribution in [2.45, 2.75) is 33.6 Å². The molecule has 1 unspecified atom stereocenters. The average Bonchev–Trinajstić information content (AvgIpc) is 2.15. The Balaban J connectivity index is 2.77. The molecule has 0 fully saturated rings. The summed E-state index contributed by atoms with van der Waals surface area (Å²) in [6.07, 6.45) is 10.7. The number of nitrogens with zero attached hydrogens (tertiary/aromatic N) is 1. The zero-order valence-electron chi connectivity index (χ0n) is 8.17. The third-order valence-electron chi connectivity index (χ3n) is 2.16. The summed E-state index contributed by atoms with van der Waals surface area (Å²) >= 11 is 0. The highest BCUT2D eigenvalue weighted by molar-refractivity contribution is 5.69. The van der Waals surface area contributed by atoms with Gasteiger partial charge in [0.25, 0.3) is 0 Å². The SMILES string of the molecule is CCCC1(C)C=CC(C)=CN=C1. The molecule has 0 aliphatic carbocycles. The van der Waals surface area contributed by atoms with Crippen LogP contribution in [0.5, 0.6) is 0 Å². The van der Waals surface area contributed by atoms with E-state index in [0.29, 0.717) is 0 Å². The molecule has 0 amide bonds. The van der Waals surface area contributed by atoms with Gasteiger partial charge in [0.15, 0.2) is 0 Å². The maximum atomic E-state index is 4.27. The van der Waals surface area contributed by atoms with E-state index < -0.39 is 0 Å². The average molecular weight is 163 g/mol. The normalized spacial score (nSPS) is 28.4. The first kappa shape index (κ1) is 9.24. The lowest BCUT2D eigenvalue weighted by Crippen LogP contribution is -2.13. The summed E-state index contributed by atoms with van der Waals surface area (Å²) in [5, 5.41) is 0. The molecule has 0 saturated carbocycles. The van der Waals surface area contributed by atoms with Gasteiger partial charge in [-0.05, 0) is 18.9 Å². The largest absolute Gasteiger partial charge is 0.268 e. The van der Waals surface area contributed by atoms with Crippen molar-refractivity contribution < 1.29 is 0 Å². The molecule has 1 aliphatic rings. The molecule has 1 aliphatic heterocycles. The van der Waals surface area contributed by atoms with Crippen molar-refractivity contribution in [2.75, 3.05) is 0 Å². The van der Waals surface area contributed by atoms with Crippen molar-refractivity contribution in [3.05, 3.63) is 23.9 Å². The predicted molar refractivity (Wildman–Crippen MR) is 54.4 cm³/mol. The van der Waals surface area contributed by atoms with Gasteiger partial charge < -0.3 is 0 Å². The lowest BCUT2D eigenvalue weighted by molar-refractivity contribution is 0.541. The van der Waals surface area contributed by atoms with Gasteiger partial charge in [-0.2, -0.15) is 0 Å². The standard InChI is InChI=1S/C11H17N/c1-4-6-11(3)7-5-10(2)8-12-9-11/h5,7-9H,4,6H2,1-3H3. The van der Waals surface area contributed by atoms with E-state index in [9.17, 15) is 0 Å². The predicted octanol–water partition coefficient (Wildman–Crippen LogP) is 3.34. The van der Waals surface area contributed by atoms with E-state index >= 15 is 0 Å². The first-order valence-corrected chi connectivity index (χ1v) is 4.57. The molecule has 0 aromatic carbocycles. The topological polar surface area (TPSA) is 12.4 Å². The van der Waals surface area contributed by atoms with Crippen LogP contribution in [0, 0.1) is 5.41 Å². The molecular weight excluding hydrogens is 146 g/mol. The quantitative estimate of drug-likeness (QED) is 0.592. The molecule has 0 N–H and O–H groups in total. The molecule has 0 bridgehead atoms. The van der Waals surface area contributed by atoms with Gasteiger partial charge in [0.05, 0.1) is 0 Å². The molecule has 1 heterocycles. The summed E-state index contributed by atoms with van der Waals surface area (Å²) in [6.45, 7) is 6.51. The summed E-state index contributed by atoms with van der Waals surface area (Å²) in [4.78, 5) is 4.27. The molecular formula is C11H17N. The number of hydrogen-bond acceptors (Lipinski definition) is 1. The fourth-order valence-corrected chi connectivity index (χ4v) is 1.42. The number of aliphatic imine (C=N–C) groups is 1. The zero-order valence-corrected chi connectivity index (χ0v) is 8.17. The Morgan fingerprint density at radius 1 is 1.50 bits per heavy atom. The minimum atomic E-state index is 0.170. The van der Waals surface area contributed by atoms with Gasteiger partial charge in [0.2, 0.25) is 0 Å². The fraction of sp³-hybridized carbons (Fsp3) is 0.545. The molecule has 1 nitrogen and oxygen atoms in total. The number of rotatable bonds is 2. The summed E-state index contributed by atoms with van der Waals surface area (Å²) < 4.78 is 0. The Morgan fingerprint density at radius 3 is 2.92 bits per heavy atom. The van der Waals surface area contributed by atoms with Crippen LogP contribution in [0.2, 0.25) is 0 Å². The van der Waals surface area contributed by atoms with Crippen LogP contribution in [-0.2, 0) is 0 Å². The molecule has 0 aromatic heterocycles. The Kier molecular flexibility index (Phi) is 2.85. The fourth-order valence-electron chi connectivity index (χ4n) is 1.42. The van der Waals surface area contributed by atoms with Crippen LogP contribution in [0.25, 0.3) is 0 Å². The zero-order chi connectivity index (χ0) is 9.03. The van der Waals surface area contributed by atoms with Gasteiger partial charge >= 0.3 is 0 Å². The van der Waals surface area contributed by atoms with E-state index in [0.717, 1.165) is 0 Å². The van der Waals surface area contributed by atoms with Crippen molar-refractivity contribution in [3.8, 4) is 0 Å². The second kappa shape index (κ2) is 3.70. The van der Waals surface area contributed by atoms with E-state index in [1.165, 1.54) is 18.4 Å². The second-order valence-corrected chi connectivity index (χ2v) is 3.74. The Labute approximate surface area is 74.9 Å². The van der Waals surface area contributed by atoms with E-state index in [2.05, 4.69) is 37.9 Å².